The smallest absolute Gasteiger partial charge is 0.233 e. The summed E-state index contributed by atoms with van der Waals surface area (Å²) in [6.45, 7) is 2.64. The predicted molar refractivity (Wildman–Crippen MR) is 63.8 cm³/mol. The van der Waals surface area contributed by atoms with Crippen LogP contribution in [-0.4, -0.2) is 29.0 Å². The topological polar surface area (TPSA) is 55.1 Å². The van der Waals surface area contributed by atoms with Gasteiger partial charge in [0.1, 0.15) is 0 Å². The van der Waals surface area contributed by atoms with E-state index in [1.165, 1.54) is 19.3 Å². The first kappa shape index (κ1) is 11.3. The molecule has 1 amide bonds. The second-order valence-corrected chi connectivity index (χ2v) is 6.20. The second kappa shape index (κ2) is 4.34. The van der Waals surface area contributed by atoms with Gasteiger partial charge in [0.25, 0.3) is 0 Å². The van der Waals surface area contributed by atoms with E-state index in [0.29, 0.717) is 12.5 Å². The van der Waals surface area contributed by atoms with Crippen molar-refractivity contribution in [2.24, 2.45) is 11.7 Å². The first-order valence-corrected chi connectivity index (χ1v) is 6.84. The van der Waals surface area contributed by atoms with Crippen LogP contribution >= 0.6 is 11.8 Å². The van der Waals surface area contributed by atoms with E-state index in [0.717, 1.165) is 12.2 Å². The van der Waals surface area contributed by atoms with Crippen LogP contribution in [-0.2, 0) is 4.79 Å². The summed E-state index contributed by atoms with van der Waals surface area (Å²) in [5, 5.41) is 3.34. The number of carbonyl (C=O) groups excluding carboxylic acids is 1. The second-order valence-electron chi connectivity index (χ2n) is 4.89. The molecule has 2 rings (SSSR count). The predicted octanol–water partition coefficient (Wildman–Crippen LogP) is 1.13. The molecule has 2 aliphatic rings. The average Bonchev–Trinajstić information content (AvgIpc) is 2.94. The molecule has 15 heavy (non-hydrogen) atoms. The third kappa shape index (κ3) is 2.48. The van der Waals surface area contributed by atoms with Crippen molar-refractivity contribution in [2.45, 2.75) is 43.4 Å². The van der Waals surface area contributed by atoms with Crippen LogP contribution in [0.2, 0.25) is 0 Å². The maximum absolute atomic E-state index is 12.0. The minimum Gasteiger partial charge on any atom is -0.348 e. The lowest BCUT2D eigenvalue weighted by molar-refractivity contribution is -0.122. The Bertz CT molecular complexity index is 249. The van der Waals surface area contributed by atoms with Crippen LogP contribution in [0.1, 0.15) is 32.6 Å². The number of carbonyl (C=O) groups is 1. The Morgan fingerprint density at radius 3 is 2.73 bits per heavy atom. The number of hydrogen-bond acceptors (Lipinski definition) is 3. The van der Waals surface area contributed by atoms with E-state index in [2.05, 4.69) is 12.2 Å². The molecule has 4 heteroatoms. The summed E-state index contributed by atoms with van der Waals surface area (Å²) in [5.41, 5.74) is 5.62. The largest absolute Gasteiger partial charge is 0.348 e. The summed E-state index contributed by atoms with van der Waals surface area (Å²) in [6.07, 6.45) is 4.63. The van der Waals surface area contributed by atoms with Gasteiger partial charge in [-0.25, -0.2) is 0 Å². The highest BCUT2D eigenvalue weighted by molar-refractivity contribution is 8.00. The molecule has 0 aromatic carbocycles. The van der Waals surface area contributed by atoms with Crippen molar-refractivity contribution in [1.82, 2.24) is 5.32 Å². The molecule has 0 aromatic heterocycles. The van der Waals surface area contributed by atoms with Crippen molar-refractivity contribution in [3.8, 4) is 0 Å². The number of amides is 1. The summed E-state index contributed by atoms with van der Waals surface area (Å²) < 4.78 is 0. The quantitative estimate of drug-likeness (QED) is 0.758. The normalized spacial score (nSPS) is 29.9. The lowest BCUT2D eigenvalue weighted by Crippen LogP contribution is -2.55. The highest BCUT2D eigenvalue weighted by atomic mass is 32.2. The number of nitrogens with two attached hydrogens (primary N) is 1. The molecule has 0 radical (unpaired) electrons. The molecule has 0 bridgehead atoms. The molecule has 1 heterocycles. The van der Waals surface area contributed by atoms with Crippen molar-refractivity contribution in [3.05, 3.63) is 0 Å². The molecule has 3 N–H and O–H groups in total. The lowest BCUT2D eigenvalue weighted by Gasteiger charge is -2.30. The standard InChI is InChI=1S/C11H20N2OS/c1-11(7-12,8-4-5-8)13-10(14)9-3-2-6-15-9/h8-9H,2-7,12H2,1H3,(H,13,14). The number of rotatable bonds is 4. The Labute approximate surface area is 95.6 Å². The SMILES string of the molecule is CC(CN)(NC(=O)C1CCCS1)C1CC1. The summed E-state index contributed by atoms with van der Waals surface area (Å²) in [5.74, 6) is 1.94. The van der Waals surface area contributed by atoms with E-state index in [1.807, 2.05) is 0 Å². The molecule has 3 nitrogen and oxygen atoms in total. The van der Waals surface area contributed by atoms with Gasteiger partial charge in [0.2, 0.25) is 5.91 Å². The zero-order valence-corrected chi connectivity index (χ0v) is 10.1. The monoisotopic (exact) mass is 228 g/mol. The van der Waals surface area contributed by atoms with E-state index >= 15 is 0 Å². The van der Waals surface area contributed by atoms with Gasteiger partial charge in [0, 0.05) is 6.54 Å². The Kier molecular flexibility index (Phi) is 3.26. The Morgan fingerprint density at radius 1 is 1.53 bits per heavy atom. The molecule has 86 valence electrons. The molecule has 1 aliphatic carbocycles. The van der Waals surface area contributed by atoms with Gasteiger partial charge in [-0.05, 0) is 44.3 Å². The average molecular weight is 228 g/mol. The minimum atomic E-state index is -0.153. The van der Waals surface area contributed by atoms with Crippen LogP contribution in [0.15, 0.2) is 0 Å². The van der Waals surface area contributed by atoms with Crippen LogP contribution in [0.3, 0.4) is 0 Å². The first-order chi connectivity index (χ1) is 7.15. The highest BCUT2D eigenvalue weighted by Gasteiger charge is 2.42. The van der Waals surface area contributed by atoms with E-state index in [9.17, 15) is 4.79 Å². The summed E-state index contributed by atoms with van der Waals surface area (Å²) in [4.78, 5) is 12.0. The van der Waals surface area contributed by atoms with Crippen molar-refractivity contribution in [1.29, 1.82) is 0 Å². The zero-order valence-electron chi connectivity index (χ0n) is 9.29. The fourth-order valence-electron chi connectivity index (χ4n) is 2.19. The fourth-order valence-corrected chi connectivity index (χ4v) is 3.35. The molecule has 0 aromatic rings. The van der Waals surface area contributed by atoms with Gasteiger partial charge in [-0.1, -0.05) is 0 Å². The van der Waals surface area contributed by atoms with Crippen LogP contribution in [0.4, 0.5) is 0 Å². The van der Waals surface area contributed by atoms with Gasteiger partial charge in [-0.3, -0.25) is 4.79 Å². The Morgan fingerprint density at radius 2 is 2.27 bits per heavy atom. The van der Waals surface area contributed by atoms with Crippen molar-refractivity contribution >= 4 is 17.7 Å². The first-order valence-electron chi connectivity index (χ1n) is 5.79. The number of nitrogens with one attached hydrogen (secondary N) is 1. The molecule has 2 fully saturated rings. The van der Waals surface area contributed by atoms with Gasteiger partial charge in [-0.2, -0.15) is 0 Å². The number of hydrogen-bond donors (Lipinski definition) is 2. The molecule has 0 spiro atoms. The highest BCUT2D eigenvalue weighted by Crippen LogP contribution is 2.39. The molecule has 1 aliphatic heterocycles. The van der Waals surface area contributed by atoms with Crippen molar-refractivity contribution in [2.75, 3.05) is 12.3 Å². The Balaban J connectivity index is 1.90. The summed E-state index contributed by atoms with van der Waals surface area (Å²) in [7, 11) is 0. The van der Waals surface area contributed by atoms with E-state index in [-0.39, 0.29) is 16.7 Å². The molecule has 2 atom stereocenters. The molecule has 1 saturated carbocycles. The van der Waals surface area contributed by atoms with Crippen LogP contribution in [0.25, 0.3) is 0 Å². The van der Waals surface area contributed by atoms with E-state index in [4.69, 9.17) is 5.73 Å². The minimum absolute atomic E-state index is 0.153. The van der Waals surface area contributed by atoms with Crippen LogP contribution in [0.5, 0.6) is 0 Å². The maximum Gasteiger partial charge on any atom is 0.233 e. The van der Waals surface area contributed by atoms with Crippen LogP contribution in [0, 0.1) is 5.92 Å². The maximum atomic E-state index is 12.0. The summed E-state index contributed by atoms with van der Waals surface area (Å²) in [6, 6.07) is 0. The third-order valence-electron chi connectivity index (χ3n) is 3.53. The van der Waals surface area contributed by atoms with Gasteiger partial charge >= 0.3 is 0 Å². The lowest BCUT2D eigenvalue weighted by atomic mass is 9.95. The molecule has 1 saturated heterocycles. The number of thioether (sulfide) groups is 1. The zero-order chi connectivity index (χ0) is 10.9. The summed E-state index contributed by atoms with van der Waals surface area (Å²) >= 11 is 1.78. The van der Waals surface area contributed by atoms with E-state index < -0.39 is 0 Å². The molecular weight excluding hydrogens is 208 g/mol. The fraction of sp³-hybridized carbons (Fsp3) is 0.909. The molecule has 2 unspecified atom stereocenters. The van der Waals surface area contributed by atoms with E-state index in [1.54, 1.807) is 11.8 Å². The Hall–Kier alpha value is -0.220. The van der Waals surface area contributed by atoms with Crippen molar-refractivity contribution < 1.29 is 4.79 Å². The van der Waals surface area contributed by atoms with Gasteiger partial charge in [-0.15, -0.1) is 11.8 Å². The third-order valence-corrected chi connectivity index (χ3v) is 4.91. The van der Waals surface area contributed by atoms with Gasteiger partial charge in [0.15, 0.2) is 0 Å². The van der Waals surface area contributed by atoms with Crippen LogP contribution < -0.4 is 11.1 Å². The van der Waals surface area contributed by atoms with Gasteiger partial charge < -0.3 is 11.1 Å². The van der Waals surface area contributed by atoms with Crippen molar-refractivity contribution in [3.63, 3.8) is 0 Å². The molecular formula is C11H20N2OS. The van der Waals surface area contributed by atoms with Gasteiger partial charge in [0.05, 0.1) is 10.8 Å².